The Balaban J connectivity index is 1.85. The Morgan fingerprint density at radius 2 is 2.10 bits per heavy atom. The van der Waals surface area contributed by atoms with E-state index in [1.807, 2.05) is 31.2 Å². The van der Waals surface area contributed by atoms with E-state index in [1.165, 1.54) is 7.11 Å². The van der Waals surface area contributed by atoms with E-state index in [-0.39, 0.29) is 35.4 Å². The molecule has 2 rings (SSSR count). The summed E-state index contributed by atoms with van der Waals surface area (Å²) in [6.07, 6.45) is 13.8. The minimum absolute atomic E-state index is 0.0885. The zero-order chi connectivity index (χ0) is 22.0. The lowest BCUT2D eigenvalue weighted by atomic mass is 9.62. The van der Waals surface area contributed by atoms with Crippen LogP contribution in [0, 0.1) is 29.1 Å². The first-order valence-electron chi connectivity index (χ1n) is 11.1. The van der Waals surface area contributed by atoms with E-state index in [0.717, 1.165) is 38.5 Å². The number of aliphatic hydroxyl groups excluding tert-OH is 2. The maximum Gasteiger partial charge on any atom is 0.305 e. The van der Waals surface area contributed by atoms with Crippen molar-refractivity contribution in [1.82, 2.24) is 0 Å². The Bertz CT molecular complexity index is 692. The predicted octanol–water partition coefficient (Wildman–Crippen LogP) is 3.73. The van der Waals surface area contributed by atoms with Crippen LogP contribution in [0.2, 0.25) is 0 Å². The van der Waals surface area contributed by atoms with Crippen molar-refractivity contribution >= 4 is 11.8 Å². The number of methoxy groups -OCH3 is 1. The molecule has 0 aromatic rings. The van der Waals surface area contributed by atoms with Crippen molar-refractivity contribution in [2.24, 2.45) is 17.3 Å². The summed E-state index contributed by atoms with van der Waals surface area (Å²) < 4.78 is 4.62. The summed E-state index contributed by atoms with van der Waals surface area (Å²) in [5, 5.41) is 21.0. The summed E-state index contributed by atoms with van der Waals surface area (Å²) in [6.45, 7) is 1.82. The van der Waals surface area contributed by atoms with Crippen molar-refractivity contribution in [2.75, 3.05) is 7.11 Å². The lowest BCUT2D eigenvalue weighted by Crippen LogP contribution is -2.40. The average molecular weight is 417 g/mol. The molecular weight excluding hydrogens is 380 g/mol. The van der Waals surface area contributed by atoms with Gasteiger partial charge >= 0.3 is 5.97 Å². The van der Waals surface area contributed by atoms with Crippen molar-refractivity contribution < 1.29 is 24.5 Å². The highest BCUT2D eigenvalue weighted by atomic mass is 16.5. The minimum Gasteiger partial charge on any atom is -0.469 e. The lowest BCUT2D eigenvalue weighted by molar-refractivity contribution is -0.140. The van der Waals surface area contributed by atoms with Crippen LogP contribution in [-0.4, -0.2) is 41.3 Å². The Kier molecular flexibility index (Phi) is 9.81. The number of allylic oxidation sites excluding steroid dienone is 2. The van der Waals surface area contributed by atoms with Crippen LogP contribution in [0.15, 0.2) is 24.3 Å². The molecule has 4 atom stereocenters. The van der Waals surface area contributed by atoms with Gasteiger partial charge in [-0.25, -0.2) is 0 Å². The summed E-state index contributed by atoms with van der Waals surface area (Å²) in [5.74, 6) is 5.48. The van der Waals surface area contributed by atoms with Crippen LogP contribution in [0.5, 0.6) is 0 Å². The normalized spacial score (nSPS) is 26.4. The van der Waals surface area contributed by atoms with E-state index in [4.69, 9.17) is 0 Å². The average Bonchev–Trinajstić information content (AvgIpc) is 2.96. The predicted molar refractivity (Wildman–Crippen MR) is 116 cm³/mol. The van der Waals surface area contributed by atoms with E-state index in [0.29, 0.717) is 19.3 Å². The topological polar surface area (TPSA) is 83.8 Å². The maximum absolute atomic E-state index is 12.3. The third-order valence-corrected chi connectivity index (χ3v) is 6.66. The lowest BCUT2D eigenvalue weighted by Gasteiger charge is -2.44. The fraction of sp³-hybridized carbons (Fsp3) is 0.680. The molecule has 0 radical (unpaired) electrons. The summed E-state index contributed by atoms with van der Waals surface area (Å²) in [6, 6.07) is 0. The van der Waals surface area contributed by atoms with E-state index in [1.54, 1.807) is 0 Å². The number of esters is 1. The second-order valence-corrected chi connectivity index (χ2v) is 8.60. The molecule has 2 N–H and O–H groups in total. The molecule has 0 heterocycles. The van der Waals surface area contributed by atoms with Crippen LogP contribution in [0.3, 0.4) is 0 Å². The molecule has 5 heteroatoms. The van der Waals surface area contributed by atoms with E-state index in [2.05, 4.69) is 16.6 Å². The molecule has 0 spiro atoms. The second kappa shape index (κ2) is 12.1. The molecule has 0 saturated heterocycles. The van der Waals surface area contributed by atoms with Gasteiger partial charge in [-0.2, -0.15) is 0 Å². The SMILES string of the molecule is CC#CCC1(C(O)C/C=C/[C@H]2[C@H](O)CC(=O)[C@@H]2C/C=C\CCCC(=O)OC)CCC1. The van der Waals surface area contributed by atoms with Crippen molar-refractivity contribution in [3.8, 4) is 11.8 Å². The number of hydrogen-bond acceptors (Lipinski definition) is 5. The van der Waals surface area contributed by atoms with Gasteiger partial charge in [-0.3, -0.25) is 9.59 Å². The first-order chi connectivity index (χ1) is 14.4. The zero-order valence-corrected chi connectivity index (χ0v) is 18.3. The van der Waals surface area contributed by atoms with E-state index in [9.17, 15) is 19.8 Å². The highest BCUT2D eigenvalue weighted by molar-refractivity contribution is 5.84. The van der Waals surface area contributed by atoms with Crippen molar-refractivity contribution in [1.29, 1.82) is 0 Å². The Hall–Kier alpha value is -1.90. The molecular formula is C25H36O5. The van der Waals surface area contributed by atoms with Crippen molar-refractivity contribution in [3.05, 3.63) is 24.3 Å². The number of ether oxygens (including phenoxy) is 1. The van der Waals surface area contributed by atoms with Crippen LogP contribution >= 0.6 is 0 Å². The number of Topliss-reactive ketones (excluding diaryl/α,β-unsaturated/α-hetero) is 1. The van der Waals surface area contributed by atoms with Gasteiger partial charge in [0.1, 0.15) is 5.78 Å². The quantitative estimate of drug-likeness (QED) is 0.232. The van der Waals surface area contributed by atoms with Crippen LogP contribution in [0.25, 0.3) is 0 Å². The number of rotatable bonds is 11. The summed E-state index contributed by atoms with van der Waals surface area (Å²) in [7, 11) is 1.38. The van der Waals surface area contributed by atoms with Gasteiger partial charge < -0.3 is 14.9 Å². The number of carbonyl (C=O) groups excluding carboxylic acids is 2. The van der Waals surface area contributed by atoms with Gasteiger partial charge in [-0.1, -0.05) is 30.7 Å². The van der Waals surface area contributed by atoms with E-state index < -0.39 is 12.2 Å². The van der Waals surface area contributed by atoms with Gasteiger partial charge in [-0.15, -0.1) is 11.8 Å². The molecule has 2 aliphatic rings. The third kappa shape index (κ3) is 6.55. The van der Waals surface area contributed by atoms with Gasteiger partial charge in [-0.05, 0) is 45.4 Å². The molecule has 0 bridgehead atoms. The highest BCUT2D eigenvalue weighted by Gasteiger charge is 2.42. The Morgan fingerprint density at radius 3 is 2.73 bits per heavy atom. The van der Waals surface area contributed by atoms with Gasteiger partial charge in [0.15, 0.2) is 0 Å². The first kappa shape index (κ1) is 24.4. The first-order valence-corrected chi connectivity index (χ1v) is 11.1. The fourth-order valence-electron chi connectivity index (χ4n) is 4.49. The maximum atomic E-state index is 12.3. The van der Waals surface area contributed by atoms with Crippen molar-refractivity contribution in [3.63, 3.8) is 0 Å². The summed E-state index contributed by atoms with van der Waals surface area (Å²) in [5.41, 5.74) is -0.0935. The summed E-state index contributed by atoms with van der Waals surface area (Å²) >= 11 is 0. The molecule has 1 unspecified atom stereocenters. The molecule has 0 amide bonds. The molecule has 0 aromatic heterocycles. The second-order valence-electron chi connectivity index (χ2n) is 8.60. The largest absolute Gasteiger partial charge is 0.469 e. The fourth-order valence-corrected chi connectivity index (χ4v) is 4.49. The van der Waals surface area contributed by atoms with Gasteiger partial charge in [0, 0.05) is 36.5 Å². The van der Waals surface area contributed by atoms with Crippen LogP contribution < -0.4 is 0 Å². The van der Waals surface area contributed by atoms with Gasteiger partial charge in [0.2, 0.25) is 0 Å². The Morgan fingerprint density at radius 1 is 1.33 bits per heavy atom. The highest BCUT2D eigenvalue weighted by Crippen LogP contribution is 2.47. The smallest absolute Gasteiger partial charge is 0.305 e. The number of hydrogen-bond donors (Lipinski definition) is 2. The number of unbranched alkanes of at least 4 members (excludes halogenated alkanes) is 1. The monoisotopic (exact) mass is 416 g/mol. The molecule has 2 saturated carbocycles. The van der Waals surface area contributed by atoms with Gasteiger partial charge in [0.05, 0.1) is 19.3 Å². The molecule has 5 nitrogen and oxygen atoms in total. The zero-order valence-electron chi connectivity index (χ0n) is 18.3. The minimum atomic E-state index is -0.660. The third-order valence-electron chi connectivity index (χ3n) is 6.66. The van der Waals surface area contributed by atoms with Crippen molar-refractivity contribution in [2.45, 2.75) is 83.3 Å². The molecule has 166 valence electrons. The summed E-state index contributed by atoms with van der Waals surface area (Å²) in [4.78, 5) is 23.4. The molecule has 2 aliphatic carbocycles. The molecule has 0 aliphatic heterocycles. The number of aliphatic hydroxyl groups is 2. The standard InChI is InChI=1S/C25H36O5/c1-3-4-15-25(16-10-17-25)23(28)13-9-12-20-19(21(26)18-22(20)27)11-7-5-6-8-14-24(29)30-2/h5,7,9,12,19-20,22-23,27-28H,6,8,10-11,13-18H2,1-2H3/b7-5-,12-9+/t19-,20-,22-,23?/m1/s1. The Labute approximate surface area is 180 Å². The van der Waals surface area contributed by atoms with Crippen LogP contribution in [0.4, 0.5) is 0 Å². The van der Waals surface area contributed by atoms with Gasteiger partial charge in [0.25, 0.3) is 0 Å². The molecule has 30 heavy (non-hydrogen) atoms. The number of carbonyl (C=O) groups is 2. The van der Waals surface area contributed by atoms with Crippen LogP contribution in [0.1, 0.15) is 71.1 Å². The van der Waals surface area contributed by atoms with Crippen LogP contribution in [-0.2, 0) is 14.3 Å². The molecule has 2 fully saturated rings. The molecule has 0 aromatic carbocycles. The van der Waals surface area contributed by atoms with E-state index >= 15 is 0 Å². The number of ketones is 1.